The molecule has 182 valence electrons. The minimum atomic E-state index is -3.99. The van der Waals surface area contributed by atoms with Crippen LogP contribution in [0.3, 0.4) is 0 Å². The number of sulfonamides is 1. The highest BCUT2D eigenvalue weighted by Gasteiger charge is 2.59. The summed E-state index contributed by atoms with van der Waals surface area (Å²) in [6.45, 7) is 12.3. The Kier molecular flexibility index (Phi) is 6.14. The Balaban J connectivity index is 2.07. The summed E-state index contributed by atoms with van der Waals surface area (Å²) in [5, 5.41) is 0. The number of para-hydroxylation sites is 1. The summed E-state index contributed by atoms with van der Waals surface area (Å²) in [6, 6.07) is 23.1. The third-order valence-electron chi connectivity index (χ3n) is 7.19. The van der Waals surface area contributed by atoms with Gasteiger partial charge in [0.05, 0.1) is 4.90 Å². The van der Waals surface area contributed by atoms with Crippen molar-refractivity contribution in [1.82, 2.24) is 0 Å². The van der Waals surface area contributed by atoms with Crippen LogP contribution < -0.4 is 9.80 Å². The van der Waals surface area contributed by atoms with Crippen LogP contribution in [0, 0.1) is 19.3 Å². The number of benzene rings is 3. The van der Waals surface area contributed by atoms with Gasteiger partial charge in [-0.1, -0.05) is 73.5 Å². The first kappa shape index (κ1) is 24.7. The van der Waals surface area contributed by atoms with Gasteiger partial charge in [-0.05, 0) is 44.2 Å². The van der Waals surface area contributed by atoms with Crippen LogP contribution in [0.1, 0.15) is 30.5 Å². The number of nitrogens with zero attached hydrogens (tertiary/aromatic N) is 3. The number of fused-ring (bicyclic) bond motifs is 1. The van der Waals surface area contributed by atoms with Crippen molar-refractivity contribution in [2.45, 2.75) is 38.1 Å². The average molecular weight is 488 g/mol. The lowest BCUT2D eigenvalue weighted by molar-refractivity contribution is 0.305. The molecule has 0 amide bonds. The van der Waals surface area contributed by atoms with E-state index in [0.29, 0.717) is 5.84 Å². The third kappa shape index (κ3) is 3.86. The zero-order valence-corrected chi connectivity index (χ0v) is 22.1. The van der Waals surface area contributed by atoms with E-state index in [2.05, 4.69) is 60.1 Å². The first-order valence-electron chi connectivity index (χ1n) is 11.6. The van der Waals surface area contributed by atoms with Gasteiger partial charge in [-0.15, -0.1) is 11.0 Å². The van der Waals surface area contributed by atoms with Gasteiger partial charge in [0.25, 0.3) is 10.0 Å². The van der Waals surface area contributed by atoms with Crippen LogP contribution in [-0.2, 0) is 15.6 Å². The summed E-state index contributed by atoms with van der Waals surface area (Å²) >= 11 is 0. The van der Waals surface area contributed by atoms with Gasteiger partial charge in [0.2, 0.25) is 0 Å². The van der Waals surface area contributed by atoms with Crippen molar-refractivity contribution < 1.29 is 8.42 Å². The van der Waals surface area contributed by atoms with E-state index in [0.717, 1.165) is 28.1 Å². The summed E-state index contributed by atoms with van der Waals surface area (Å²) in [7, 11) is -0.107. The van der Waals surface area contributed by atoms with Gasteiger partial charge in [-0.3, -0.25) is 0 Å². The fourth-order valence-electron chi connectivity index (χ4n) is 5.06. The predicted molar refractivity (Wildman–Crippen MR) is 146 cm³/mol. The summed E-state index contributed by atoms with van der Waals surface area (Å²) in [4.78, 5) is 4.21. The molecular formula is C29H33N3O2S. The van der Waals surface area contributed by atoms with Gasteiger partial charge >= 0.3 is 0 Å². The van der Waals surface area contributed by atoms with Crippen LogP contribution in [0.15, 0.2) is 94.7 Å². The molecule has 1 aliphatic heterocycles. The maximum Gasteiger partial charge on any atom is 0.284 e. The van der Waals surface area contributed by atoms with Crippen molar-refractivity contribution in [2.75, 3.05) is 23.9 Å². The largest absolute Gasteiger partial charge is 0.357 e. The van der Waals surface area contributed by atoms with E-state index in [4.69, 9.17) is 0 Å². The molecule has 0 saturated carbocycles. The van der Waals surface area contributed by atoms with E-state index < -0.39 is 21.0 Å². The molecule has 0 spiro atoms. The van der Waals surface area contributed by atoms with E-state index in [1.54, 1.807) is 24.3 Å². The third-order valence-corrected chi connectivity index (χ3v) is 8.47. The second kappa shape index (κ2) is 8.68. The van der Waals surface area contributed by atoms with Crippen molar-refractivity contribution in [2.24, 2.45) is 9.81 Å². The zero-order valence-electron chi connectivity index (χ0n) is 21.3. The smallest absolute Gasteiger partial charge is 0.284 e. The molecule has 5 nitrogen and oxygen atoms in total. The highest BCUT2D eigenvalue weighted by Crippen LogP contribution is 2.55. The van der Waals surface area contributed by atoms with Crippen molar-refractivity contribution in [1.29, 1.82) is 0 Å². The SMILES string of the molecule is C=CC(C)(C)C1(N(C)c2ccc(C)cc2)/C(=N/S(=O)(=O)c2ccc(C)cc2)N(C)c2ccccc21. The Bertz CT molecular complexity index is 1390. The summed E-state index contributed by atoms with van der Waals surface area (Å²) < 4.78 is 31.8. The summed E-state index contributed by atoms with van der Waals surface area (Å²) in [5.74, 6) is 0.437. The maximum absolute atomic E-state index is 13.6. The Morgan fingerprint density at radius 3 is 2.06 bits per heavy atom. The summed E-state index contributed by atoms with van der Waals surface area (Å²) in [5.41, 5.74) is 3.45. The van der Waals surface area contributed by atoms with Crippen molar-refractivity contribution in [3.8, 4) is 0 Å². The molecule has 35 heavy (non-hydrogen) atoms. The number of hydrogen-bond donors (Lipinski definition) is 0. The number of hydrogen-bond acceptors (Lipinski definition) is 3. The number of rotatable bonds is 6. The van der Waals surface area contributed by atoms with Crippen molar-refractivity contribution >= 4 is 27.2 Å². The van der Waals surface area contributed by atoms with E-state index >= 15 is 0 Å². The molecule has 0 bridgehead atoms. The Labute approximate surface area is 209 Å². The molecule has 1 atom stereocenters. The van der Waals surface area contributed by atoms with Crippen LogP contribution >= 0.6 is 0 Å². The molecule has 1 unspecified atom stereocenters. The van der Waals surface area contributed by atoms with Crippen LogP contribution in [0.5, 0.6) is 0 Å². The van der Waals surface area contributed by atoms with Crippen molar-refractivity contribution in [3.63, 3.8) is 0 Å². The average Bonchev–Trinajstić information content (AvgIpc) is 3.08. The molecule has 0 saturated heterocycles. The van der Waals surface area contributed by atoms with Crippen LogP contribution in [0.25, 0.3) is 0 Å². The lowest BCUT2D eigenvalue weighted by Gasteiger charge is -2.50. The van der Waals surface area contributed by atoms with Gasteiger partial charge in [0.15, 0.2) is 5.84 Å². The lowest BCUT2D eigenvalue weighted by Crippen LogP contribution is -2.59. The molecule has 3 aromatic carbocycles. The fourth-order valence-corrected chi connectivity index (χ4v) is 6.13. The van der Waals surface area contributed by atoms with Gasteiger partial charge in [-0.25, -0.2) is 0 Å². The van der Waals surface area contributed by atoms with E-state index in [1.165, 1.54) is 0 Å². The van der Waals surface area contributed by atoms with Crippen molar-refractivity contribution in [3.05, 3.63) is 102 Å². The molecule has 6 heteroatoms. The van der Waals surface area contributed by atoms with E-state index in [1.807, 2.05) is 57.1 Å². The number of likely N-dealkylation sites (N-methyl/N-ethyl adjacent to an activating group) is 2. The van der Waals surface area contributed by atoms with Gasteiger partial charge in [0.1, 0.15) is 5.54 Å². The topological polar surface area (TPSA) is 53.0 Å². The highest BCUT2D eigenvalue weighted by molar-refractivity contribution is 7.90. The van der Waals surface area contributed by atoms with Crippen LogP contribution in [-0.4, -0.2) is 28.3 Å². The van der Waals surface area contributed by atoms with Gasteiger partial charge < -0.3 is 9.80 Å². The molecule has 0 aromatic heterocycles. The Hall–Kier alpha value is -3.38. The summed E-state index contributed by atoms with van der Waals surface area (Å²) in [6.07, 6.45) is 1.89. The molecule has 0 aliphatic carbocycles. The van der Waals surface area contributed by atoms with Gasteiger partial charge in [-0.2, -0.15) is 8.42 Å². The number of anilines is 2. The van der Waals surface area contributed by atoms with Gasteiger partial charge in [0, 0.05) is 36.4 Å². The number of amidine groups is 1. The minimum Gasteiger partial charge on any atom is -0.357 e. The van der Waals surface area contributed by atoms with E-state index in [-0.39, 0.29) is 4.90 Å². The first-order chi connectivity index (χ1) is 16.5. The second-order valence-corrected chi connectivity index (χ2v) is 11.4. The maximum atomic E-state index is 13.6. The zero-order chi connectivity index (χ0) is 25.6. The Morgan fingerprint density at radius 1 is 0.943 bits per heavy atom. The predicted octanol–water partition coefficient (Wildman–Crippen LogP) is 6.08. The van der Waals surface area contributed by atoms with Crippen LogP contribution in [0.4, 0.5) is 11.4 Å². The second-order valence-electron chi connectivity index (χ2n) is 9.81. The molecule has 1 aliphatic rings. The monoisotopic (exact) mass is 487 g/mol. The molecule has 3 aromatic rings. The molecule has 0 N–H and O–H groups in total. The Morgan fingerprint density at radius 2 is 1.49 bits per heavy atom. The highest BCUT2D eigenvalue weighted by atomic mass is 32.2. The quantitative estimate of drug-likeness (QED) is 0.395. The van der Waals surface area contributed by atoms with Crippen LogP contribution in [0.2, 0.25) is 0 Å². The lowest BCUT2D eigenvalue weighted by atomic mass is 9.67. The standard InChI is InChI=1S/C29H33N3O2S/c1-8-28(4,5)29(32(7)23-17-13-21(2)14-18-23)25-11-9-10-12-26(25)31(6)27(29)30-35(33,34)24-19-15-22(3)16-20-24/h8-20H,1H2,2-7H3/b30-27-. The fraction of sp³-hybridized carbons (Fsp3) is 0.276. The normalized spacial score (nSPS) is 19.0. The number of aryl methyl sites for hydroxylation is 2. The molecular weight excluding hydrogens is 454 g/mol. The van der Waals surface area contributed by atoms with E-state index in [9.17, 15) is 8.42 Å². The minimum absolute atomic E-state index is 0.170. The molecule has 0 radical (unpaired) electrons. The molecule has 4 rings (SSSR count). The first-order valence-corrected chi connectivity index (χ1v) is 13.1. The molecule has 0 fully saturated rings. The molecule has 1 heterocycles.